The van der Waals surface area contributed by atoms with Crippen LogP contribution in [0.25, 0.3) is 0 Å². The Balaban J connectivity index is 1.51. The topological polar surface area (TPSA) is 76.4 Å². The van der Waals surface area contributed by atoms with Gasteiger partial charge in [-0.2, -0.15) is 5.26 Å². The lowest BCUT2D eigenvalue weighted by atomic mass is 9.89. The minimum Gasteiger partial charge on any atom is -0.383 e. The molecule has 1 aliphatic carbocycles. The minimum absolute atomic E-state index is 0.0492. The van der Waals surface area contributed by atoms with E-state index >= 15 is 0 Å². The smallest absolute Gasteiger partial charge is 0.249 e. The normalized spacial score (nSPS) is 21.7. The lowest BCUT2D eigenvalue weighted by Gasteiger charge is -2.37. The van der Waals surface area contributed by atoms with Crippen molar-refractivity contribution in [2.75, 3.05) is 13.1 Å². The number of carbonyl (C=O) groups is 1. The molecule has 3 rings (SSSR count). The van der Waals surface area contributed by atoms with Crippen LogP contribution >= 0.6 is 0 Å². The van der Waals surface area contributed by atoms with Crippen LogP contribution in [-0.4, -0.2) is 41.1 Å². The average molecular weight is 327 g/mol. The Kier molecular flexibility index (Phi) is 5.17. The number of rotatable bonds is 5. The van der Waals surface area contributed by atoms with Crippen molar-refractivity contribution in [2.24, 2.45) is 5.92 Å². The molecule has 2 aliphatic rings. The number of piperidine rings is 1. The van der Waals surface area contributed by atoms with Crippen molar-refractivity contribution in [3.63, 3.8) is 0 Å². The lowest BCUT2D eigenvalue weighted by Crippen LogP contribution is -2.45. The second-order valence-corrected chi connectivity index (χ2v) is 7.01. The fourth-order valence-corrected chi connectivity index (χ4v) is 3.40. The molecule has 5 nitrogen and oxygen atoms in total. The number of aliphatic hydroxyl groups is 1. The first-order chi connectivity index (χ1) is 11.6. The third-order valence-corrected chi connectivity index (χ3v) is 5.28. The first-order valence-electron chi connectivity index (χ1n) is 8.81. The maximum Gasteiger partial charge on any atom is 0.249 e. The van der Waals surface area contributed by atoms with Crippen molar-refractivity contribution >= 4 is 5.91 Å². The third-order valence-electron chi connectivity index (χ3n) is 5.28. The zero-order valence-corrected chi connectivity index (χ0v) is 14.1. The highest BCUT2D eigenvalue weighted by Crippen LogP contribution is 2.29. The van der Waals surface area contributed by atoms with Crippen LogP contribution in [0.5, 0.6) is 0 Å². The number of aliphatic hydroxyl groups excluding tert-OH is 1. The molecule has 1 aromatic rings. The molecule has 0 aromatic heterocycles. The van der Waals surface area contributed by atoms with Crippen LogP contribution in [0.1, 0.15) is 49.8 Å². The number of nitrogens with zero attached hydrogens (tertiary/aromatic N) is 2. The van der Waals surface area contributed by atoms with E-state index in [1.807, 2.05) is 24.3 Å². The monoisotopic (exact) mass is 327 g/mol. The Bertz CT molecular complexity index is 610. The van der Waals surface area contributed by atoms with Crippen LogP contribution in [0.15, 0.2) is 24.3 Å². The highest BCUT2D eigenvalue weighted by molar-refractivity contribution is 5.81. The van der Waals surface area contributed by atoms with Crippen molar-refractivity contribution < 1.29 is 9.90 Å². The van der Waals surface area contributed by atoms with E-state index < -0.39 is 6.10 Å². The lowest BCUT2D eigenvalue weighted by molar-refractivity contribution is -0.133. The zero-order valence-electron chi connectivity index (χ0n) is 14.1. The van der Waals surface area contributed by atoms with Crippen molar-refractivity contribution in [2.45, 2.75) is 50.8 Å². The van der Waals surface area contributed by atoms with E-state index in [9.17, 15) is 9.90 Å². The molecule has 2 atom stereocenters. The molecule has 0 radical (unpaired) electrons. The van der Waals surface area contributed by atoms with Gasteiger partial charge in [0.2, 0.25) is 5.91 Å². The van der Waals surface area contributed by atoms with E-state index in [0.717, 1.165) is 38.8 Å². The molecule has 24 heavy (non-hydrogen) atoms. The molecule has 1 heterocycles. The largest absolute Gasteiger partial charge is 0.383 e. The molecule has 5 heteroatoms. The second kappa shape index (κ2) is 7.33. The minimum atomic E-state index is -0.877. The van der Waals surface area contributed by atoms with Crippen LogP contribution in [0.2, 0.25) is 0 Å². The summed E-state index contributed by atoms with van der Waals surface area (Å²) in [7, 11) is 0. The average Bonchev–Trinajstić information content (AvgIpc) is 3.44. The number of benzene rings is 1. The number of nitriles is 1. The summed E-state index contributed by atoms with van der Waals surface area (Å²) < 4.78 is 0. The van der Waals surface area contributed by atoms with Crippen LogP contribution in [0.4, 0.5) is 0 Å². The Morgan fingerprint density at radius 3 is 2.42 bits per heavy atom. The van der Waals surface area contributed by atoms with Crippen LogP contribution in [-0.2, 0) is 4.79 Å². The molecule has 0 unspecified atom stereocenters. The van der Waals surface area contributed by atoms with E-state index in [2.05, 4.69) is 23.2 Å². The molecule has 0 bridgehead atoms. The van der Waals surface area contributed by atoms with Gasteiger partial charge in [-0.1, -0.05) is 12.1 Å². The van der Waals surface area contributed by atoms with Gasteiger partial charge in [0.1, 0.15) is 6.10 Å². The molecule has 2 N–H and O–H groups in total. The maximum atomic E-state index is 12.0. The van der Waals surface area contributed by atoms with Gasteiger partial charge in [-0.15, -0.1) is 0 Å². The summed E-state index contributed by atoms with van der Waals surface area (Å²) in [4.78, 5) is 14.4. The Hall–Kier alpha value is -1.90. The fraction of sp³-hybridized carbons (Fsp3) is 0.579. The van der Waals surface area contributed by atoms with E-state index in [0.29, 0.717) is 11.6 Å². The number of likely N-dealkylation sites (tertiary alicyclic amines) is 1. The molecular weight excluding hydrogens is 302 g/mol. The van der Waals surface area contributed by atoms with Gasteiger partial charge in [-0.05, 0) is 69.3 Å². The summed E-state index contributed by atoms with van der Waals surface area (Å²) in [5.74, 6) is -0.149. The summed E-state index contributed by atoms with van der Waals surface area (Å²) in [5.41, 5.74) is 1.87. The summed E-state index contributed by atoms with van der Waals surface area (Å²) in [6, 6.07) is 10.4. The van der Waals surface area contributed by atoms with Crippen molar-refractivity contribution in [3.8, 4) is 6.07 Å². The van der Waals surface area contributed by atoms with Gasteiger partial charge in [0.05, 0.1) is 11.6 Å². The van der Waals surface area contributed by atoms with Crippen molar-refractivity contribution in [1.82, 2.24) is 10.2 Å². The van der Waals surface area contributed by atoms with Gasteiger partial charge in [0.15, 0.2) is 0 Å². The molecule has 0 spiro atoms. The molecular formula is C19H25N3O2. The van der Waals surface area contributed by atoms with E-state index in [1.54, 1.807) is 0 Å². The molecule has 1 aliphatic heterocycles. The number of carbonyl (C=O) groups excluding carboxylic acids is 1. The predicted octanol–water partition coefficient (Wildman–Crippen LogP) is 1.97. The number of nitrogens with one attached hydrogen (secondary N) is 1. The predicted molar refractivity (Wildman–Crippen MR) is 91.0 cm³/mol. The van der Waals surface area contributed by atoms with Gasteiger partial charge in [-0.3, -0.25) is 9.69 Å². The first-order valence-corrected chi connectivity index (χ1v) is 8.81. The molecule has 2 fully saturated rings. The molecule has 1 amide bonds. The first kappa shape index (κ1) is 16.9. The van der Waals surface area contributed by atoms with Crippen LogP contribution in [0.3, 0.4) is 0 Å². The number of hydrogen-bond donors (Lipinski definition) is 2. The number of amides is 1. The fourth-order valence-electron chi connectivity index (χ4n) is 3.40. The van der Waals surface area contributed by atoms with E-state index in [1.165, 1.54) is 5.56 Å². The van der Waals surface area contributed by atoms with Gasteiger partial charge < -0.3 is 10.4 Å². The zero-order chi connectivity index (χ0) is 17.1. The van der Waals surface area contributed by atoms with Gasteiger partial charge in [0.25, 0.3) is 0 Å². The summed E-state index contributed by atoms with van der Waals surface area (Å²) in [6.07, 6.45) is 2.87. The van der Waals surface area contributed by atoms with Crippen molar-refractivity contribution in [1.29, 1.82) is 5.26 Å². The van der Waals surface area contributed by atoms with Gasteiger partial charge in [-0.25, -0.2) is 0 Å². The molecule has 1 aromatic carbocycles. The quantitative estimate of drug-likeness (QED) is 0.867. The van der Waals surface area contributed by atoms with Gasteiger partial charge in [0, 0.05) is 12.1 Å². The standard InChI is InChI=1S/C19H25N3O2/c1-13(15-4-2-14(12-20)3-5-15)22-10-8-16(9-11-22)18(23)19(24)21-17-6-7-17/h2-5,13,16-18,23H,6-11H2,1H3,(H,21,24)/t13-,18-/m0/s1. The van der Waals surface area contributed by atoms with E-state index in [4.69, 9.17) is 5.26 Å². The Morgan fingerprint density at radius 1 is 1.25 bits per heavy atom. The van der Waals surface area contributed by atoms with Crippen LogP contribution < -0.4 is 5.32 Å². The SMILES string of the molecule is C[C@@H](c1ccc(C#N)cc1)N1CCC([C@H](O)C(=O)NC2CC2)CC1. The highest BCUT2D eigenvalue weighted by Gasteiger charge is 2.33. The molecule has 1 saturated heterocycles. The highest BCUT2D eigenvalue weighted by atomic mass is 16.3. The summed E-state index contributed by atoms with van der Waals surface area (Å²) in [6.45, 7) is 3.91. The van der Waals surface area contributed by atoms with E-state index in [-0.39, 0.29) is 17.9 Å². The van der Waals surface area contributed by atoms with Crippen molar-refractivity contribution in [3.05, 3.63) is 35.4 Å². The second-order valence-electron chi connectivity index (χ2n) is 7.01. The number of hydrogen-bond acceptors (Lipinski definition) is 4. The van der Waals surface area contributed by atoms with Crippen LogP contribution in [0, 0.1) is 17.2 Å². The summed E-state index contributed by atoms with van der Waals surface area (Å²) in [5, 5.41) is 22.0. The Morgan fingerprint density at radius 2 is 1.88 bits per heavy atom. The summed E-state index contributed by atoms with van der Waals surface area (Å²) >= 11 is 0. The third kappa shape index (κ3) is 3.95. The maximum absolute atomic E-state index is 12.0. The molecule has 128 valence electrons. The molecule has 1 saturated carbocycles. The Labute approximate surface area is 143 Å². The van der Waals surface area contributed by atoms with Gasteiger partial charge >= 0.3 is 0 Å².